The number of amides is 1. The van der Waals surface area contributed by atoms with Crippen LogP contribution in [0.3, 0.4) is 0 Å². The average Bonchev–Trinajstić information content (AvgIpc) is 2.76. The van der Waals surface area contributed by atoms with Crippen molar-refractivity contribution in [1.29, 1.82) is 0 Å². The van der Waals surface area contributed by atoms with Crippen LogP contribution in [0, 0.1) is 0 Å². The standard InChI is InChI=1S/C12H13BrN4O/c1-7(8-2-4-9(13)5-3-8)15-12(18)10-6-11(14)17-16-10/h2-7H,1H3,(H,15,18)(H3,14,16,17). The summed E-state index contributed by atoms with van der Waals surface area (Å²) in [6.45, 7) is 1.92. The maximum absolute atomic E-state index is 11.9. The first-order valence-corrected chi connectivity index (χ1v) is 6.23. The second-order valence-electron chi connectivity index (χ2n) is 3.95. The van der Waals surface area contributed by atoms with Gasteiger partial charge in [-0.3, -0.25) is 9.89 Å². The van der Waals surface area contributed by atoms with Gasteiger partial charge in [-0.25, -0.2) is 0 Å². The van der Waals surface area contributed by atoms with Crippen LogP contribution >= 0.6 is 15.9 Å². The number of anilines is 1. The number of carbonyl (C=O) groups is 1. The van der Waals surface area contributed by atoms with Crippen molar-refractivity contribution in [3.63, 3.8) is 0 Å². The third kappa shape index (κ3) is 2.89. The van der Waals surface area contributed by atoms with Crippen LogP contribution in [0.5, 0.6) is 0 Å². The number of hydrogen-bond acceptors (Lipinski definition) is 3. The Bertz CT molecular complexity index is 549. The van der Waals surface area contributed by atoms with E-state index in [0.717, 1.165) is 10.0 Å². The van der Waals surface area contributed by atoms with Gasteiger partial charge in [-0.1, -0.05) is 28.1 Å². The van der Waals surface area contributed by atoms with Crippen molar-refractivity contribution in [1.82, 2.24) is 15.5 Å². The molecule has 1 heterocycles. The maximum Gasteiger partial charge on any atom is 0.269 e. The van der Waals surface area contributed by atoms with Gasteiger partial charge >= 0.3 is 0 Å². The van der Waals surface area contributed by atoms with Crippen molar-refractivity contribution in [2.75, 3.05) is 5.73 Å². The normalized spacial score (nSPS) is 12.1. The van der Waals surface area contributed by atoms with Crippen molar-refractivity contribution in [3.8, 4) is 0 Å². The Morgan fingerprint density at radius 1 is 1.44 bits per heavy atom. The summed E-state index contributed by atoms with van der Waals surface area (Å²) in [5, 5.41) is 9.16. The highest BCUT2D eigenvalue weighted by Gasteiger charge is 2.13. The zero-order chi connectivity index (χ0) is 13.1. The first kappa shape index (κ1) is 12.6. The van der Waals surface area contributed by atoms with Crippen LogP contribution in [0.15, 0.2) is 34.8 Å². The summed E-state index contributed by atoms with van der Waals surface area (Å²) in [7, 11) is 0. The summed E-state index contributed by atoms with van der Waals surface area (Å²) in [4.78, 5) is 11.9. The van der Waals surface area contributed by atoms with Crippen LogP contribution in [-0.4, -0.2) is 16.1 Å². The van der Waals surface area contributed by atoms with Gasteiger partial charge in [0.25, 0.3) is 5.91 Å². The van der Waals surface area contributed by atoms with E-state index in [1.165, 1.54) is 6.07 Å². The number of halogens is 1. The number of nitrogens with zero attached hydrogens (tertiary/aromatic N) is 1. The van der Waals surface area contributed by atoms with Gasteiger partial charge in [0.05, 0.1) is 6.04 Å². The molecule has 18 heavy (non-hydrogen) atoms. The summed E-state index contributed by atoms with van der Waals surface area (Å²) in [6, 6.07) is 9.20. The molecule has 0 spiro atoms. The van der Waals surface area contributed by atoms with Crippen molar-refractivity contribution in [2.45, 2.75) is 13.0 Å². The molecule has 2 rings (SSSR count). The number of benzene rings is 1. The number of carbonyl (C=O) groups excluding carboxylic acids is 1. The molecule has 2 aromatic rings. The Morgan fingerprint density at radius 3 is 2.67 bits per heavy atom. The SMILES string of the molecule is CC(NC(=O)c1cc(N)n[nH]1)c1ccc(Br)cc1. The summed E-state index contributed by atoms with van der Waals surface area (Å²) < 4.78 is 1.01. The minimum Gasteiger partial charge on any atom is -0.382 e. The Labute approximate surface area is 113 Å². The van der Waals surface area contributed by atoms with E-state index >= 15 is 0 Å². The number of aromatic amines is 1. The summed E-state index contributed by atoms with van der Waals surface area (Å²) in [5.74, 6) is 0.0751. The molecule has 0 saturated carbocycles. The van der Waals surface area contributed by atoms with Gasteiger partial charge in [-0.05, 0) is 24.6 Å². The largest absolute Gasteiger partial charge is 0.382 e. The van der Waals surface area contributed by atoms with Crippen molar-refractivity contribution in [3.05, 3.63) is 46.1 Å². The molecule has 1 atom stereocenters. The molecule has 0 fully saturated rings. The van der Waals surface area contributed by atoms with Gasteiger partial charge < -0.3 is 11.1 Å². The van der Waals surface area contributed by atoms with Crippen LogP contribution < -0.4 is 11.1 Å². The Morgan fingerprint density at radius 2 is 2.11 bits per heavy atom. The minimum absolute atomic E-state index is 0.0878. The molecule has 4 N–H and O–H groups in total. The van der Waals surface area contributed by atoms with E-state index in [1.807, 2.05) is 31.2 Å². The van der Waals surface area contributed by atoms with E-state index in [0.29, 0.717) is 11.5 Å². The van der Waals surface area contributed by atoms with Crippen LogP contribution in [0.4, 0.5) is 5.82 Å². The number of hydrogen-bond donors (Lipinski definition) is 3. The second-order valence-corrected chi connectivity index (χ2v) is 4.87. The van der Waals surface area contributed by atoms with E-state index in [4.69, 9.17) is 5.73 Å². The molecule has 1 aromatic heterocycles. The average molecular weight is 309 g/mol. The highest BCUT2D eigenvalue weighted by atomic mass is 79.9. The van der Waals surface area contributed by atoms with Gasteiger partial charge in [-0.15, -0.1) is 0 Å². The first-order chi connectivity index (χ1) is 8.56. The predicted molar refractivity (Wildman–Crippen MR) is 73.0 cm³/mol. The van der Waals surface area contributed by atoms with E-state index in [1.54, 1.807) is 0 Å². The third-order valence-electron chi connectivity index (χ3n) is 2.56. The highest BCUT2D eigenvalue weighted by Crippen LogP contribution is 2.16. The lowest BCUT2D eigenvalue weighted by Crippen LogP contribution is -2.26. The zero-order valence-corrected chi connectivity index (χ0v) is 11.4. The maximum atomic E-state index is 11.9. The number of rotatable bonds is 3. The Kier molecular flexibility index (Phi) is 3.66. The lowest BCUT2D eigenvalue weighted by molar-refractivity contribution is 0.0935. The molecule has 0 radical (unpaired) electrons. The monoisotopic (exact) mass is 308 g/mol. The molecule has 5 nitrogen and oxygen atoms in total. The van der Waals surface area contributed by atoms with Crippen LogP contribution in [0.1, 0.15) is 29.0 Å². The third-order valence-corrected chi connectivity index (χ3v) is 3.09. The number of H-pyrrole nitrogens is 1. The fourth-order valence-corrected chi connectivity index (χ4v) is 1.83. The zero-order valence-electron chi connectivity index (χ0n) is 9.77. The lowest BCUT2D eigenvalue weighted by Gasteiger charge is -2.13. The van der Waals surface area contributed by atoms with Gasteiger partial charge in [0.2, 0.25) is 0 Å². The molecule has 0 aliphatic heterocycles. The van der Waals surface area contributed by atoms with Crippen LogP contribution in [-0.2, 0) is 0 Å². The molecular formula is C12H13BrN4O. The van der Waals surface area contributed by atoms with E-state index in [2.05, 4.69) is 31.4 Å². The molecular weight excluding hydrogens is 296 g/mol. The molecule has 94 valence electrons. The van der Waals surface area contributed by atoms with Gasteiger partial charge in [-0.2, -0.15) is 5.10 Å². The van der Waals surface area contributed by atoms with Crippen LogP contribution in [0.2, 0.25) is 0 Å². The molecule has 0 bridgehead atoms. The molecule has 6 heteroatoms. The first-order valence-electron chi connectivity index (χ1n) is 5.43. The van der Waals surface area contributed by atoms with Crippen molar-refractivity contribution >= 4 is 27.7 Å². The minimum atomic E-state index is -0.227. The molecule has 1 amide bonds. The summed E-state index contributed by atoms with van der Waals surface area (Å²) in [6.07, 6.45) is 0. The lowest BCUT2D eigenvalue weighted by atomic mass is 10.1. The van der Waals surface area contributed by atoms with Gasteiger partial charge in [0.1, 0.15) is 11.5 Å². The molecule has 0 aliphatic rings. The van der Waals surface area contributed by atoms with E-state index in [-0.39, 0.29) is 11.9 Å². The Balaban J connectivity index is 2.05. The Hall–Kier alpha value is -1.82. The van der Waals surface area contributed by atoms with Crippen LogP contribution in [0.25, 0.3) is 0 Å². The van der Waals surface area contributed by atoms with Gasteiger partial charge in [0, 0.05) is 10.5 Å². The van der Waals surface area contributed by atoms with Gasteiger partial charge in [0.15, 0.2) is 0 Å². The number of aromatic nitrogens is 2. The fraction of sp³-hybridized carbons (Fsp3) is 0.167. The number of nitrogen functional groups attached to an aromatic ring is 1. The fourth-order valence-electron chi connectivity index (χ4n) is 1.56. The number of nitrogens with one attached hydrogen (secondary N) is 2. The van der Waals surface area contributed by atoms with Crippen molar-refractivity contribution in [2.24, 2.45) is 0 Å². The second kappa shape index (κ2) is 5.22. The summed E-state index contributed by atoms with van der Waals surface area (Å²) >= 11 is 3.37. The quantitative estimate of drug-likeness (QED) is 0.813. The van der Waals surface area contributed by atoms with E-state index in [9.17, 15) is 4.79 Å². The van der Waals surface area contributed by atoms with E-state index < -0.39 is 0 Å². The smallest absolute Gasteiger partial charge is 0.269 e. The molecule has 1 aromatic carbocycles. The molecule has 1 unspecified atom stereocenters. The topological polar surface area (TPSA) is 83.8 Å². The summed E-state index contributed by atoms with van der Waals surface area (Å²) in [5.41, 5.74) is 6.83. The highest BCUT2D eigenvalue weighted by molar-refractivity contribution is 9.10. The molecule has 0 aliphatic carbocycles. The number of nitrogens with two attached hydrogens (primary N) is 1. The molecule has 0 saturated heterocycles. The van der Waals surface area contributed by atoms with Crippen molar-refractivity contribution < 1.29 is 4.79 Å². The predicted octanol–water partition coefficient (Wildman–Crippen LogP) is 2.25.